The van der Waals surface area contributed by atoms with Crippen LogP contribution in [-0.2, 0) is 9.59 Å². The molecule has 5 nitrogen and oxygen atoms in total. The van der Waals surface area contributed by atoms with Gasteiger partial charge in [-0.25, -0.2) is 0 Å². The van der Waals surface area contributed by atoms with E-state index < -0.39 is 0 Å². The first kappa shape index (κ1) is 27.9. The zero-order valence-corrected chi connectivity index (χ0v) is 20.5. The molecule has 0 saturated carbocycles. The minimum absolute atomic E-state index is 0.0987. The van der Waals surface area contributed by atoms with Crippen molar-refractivity contribution in [2.45, 2.75) is 135 Å². The lowest BCUT2D eigenvalue weighted by molar-refractivity contribution is -0.136. The van der Waals surface area contributed by atoms with Crippen LogP contribution in [0.25, 0.3) is 0 Å². The summed E-state index contributed by atoms with van der Waals surface area (Å²) < 4.78 is 0. The molecule has 1 aliphatic rings. The van der Waals surface area contributed by atoms with E-state index in [-0.39, 0.29) is 17.9 Å². The molecule has 0 radical (unpaired) electrons. The highest BCUT2D eigenvalue weighted by molar-refractivity contribution is 5.80. The van der Waals surface area contributed by atoms with Crippen molar-refractivity contribution in [1.29, 1.82) is 0 Å². The Bertz CT molecular complexity index is 456. The average Bonchev–Trinajstić information content (AvgIpc) is 2.77. The number of rotatable bonds is 19. The van der Waals surface area contributed by atoms with Crippen LogP contribution in [-0.4, -0.2) is 42.4 Å². The minimum Gasteiger partial charge on any atom is -0.356 e. The highest BCUT2D eigenvalue weighted by Crippen LogP contribution is 2.21. The van der Waals surface area contributed by atoms with E-state index in [1.807, 2.05) is 4.90 Å². The highest BCUT2D eigenvalue weighted by atomic mass is 16.2. The Hall–Kier alpha value is -1.10. The number of nitrogens with zero attached hydrogens (tertiary/aromatic N) is 1. The van der Waals surface area contributed by atoms with E-state index >= 15 is 0 Å². The van der Waals surface area contributed by atoms with Gasteiger partial charge in [0.05, 0.1) is 0 Å². The van der Waals surface area contributed by atoms with Gasteiger partial charge in [-0.15, -0.1) is 0 Å². The van der Waals surface area contributed by atoms with E-state index in [4.69, 9.17) is 5.73 Å². The molecule has 0 aliphatic carbocycles. The predicted octanol–water partition coefficient (Wildman–Crippen LogP) is 5.70. The fourth-order valence-corrected chi connectivity index (χ4v) is 4.59. The van der Waals surface area contributed by atoms with Gasteiger partial charge in [0.1, 0.15) is 0 Å². The second kappa shape index (κ2) is 19.6. The predicted molar refractivity (Wildman–Crippen MR) is 131 cm³/mol. The number of hydrogen-bond acceptors (Lipinski definition) is 3. The first-order chi connectivity index (χ1) is 15.2. The van der Waals surface area contributed by atoms with Crippen molar-refractivity contribution in [2.75, 3.05) is 19.6 Å². The van der Waals surface area contributed by atoms with Crippen molar-refractivity contribution in [3.8, 4) is 0 Å². The SMILES string of the molecule is CCCCCCCCCCCCC(=O)N1CCCC[C@@H]1CC(=O)NCCCCCCN. The molecule has 1 rings (SSSR count). The van der Waals surface area contributed by atoms with Crippen molar-refractivity contribution >= 4 is 11.8 Å². The van der Waals surface area contributed by atoms with Crippen LogP contribution in [0.1, 0.15) is 129 Å². The smallest absolute Gasteiger partial charge is 0.222 e. The second-order valence-corrected chi connectivity index (χ2v) is 9.43. The summed E-state index contributed by atoms with van der Waals surface area (Å²) in [6.45, 7) is 4.57. The minimum atomic E-state index is 0.0987. The molecule has 31 heavy (non-hydrogen) atoms. The van der Waals surface area contributed by atoms with Gasteiger partial charge in [-0.3, -0.25) is 9.59 Å². The first-order valence-corrected chi connectivity index (χ1v) is 13.4. The molecule has 0 aromatic carbocycles. The van der Waals surface area contributed by atoms with Gasteiger partial charge in [0.15, 0.2) is 0 Å². The molecule has 1 saturated heterocycles. The van der Waals surface area contributed by atoms with Crippen LogP contribution in [0.15, 0.2) is 0 Å². The van der Waals surface area contributed by atoms with Gasteiger partial charge in [0.2, 0.25) is 11.8 Å². The quantitative estimate of drug-likeness (QED) is 0.254. The molecular formula is C26H51N3O2. The van der Waals surface area contributed by atoms with Gasteiger partial charge in [0.25, 0.3) is 0 Å². The summed E-state index contributed by atoms with van der Waals surface area (Å²) in [5.74, 6) is 0.362. The third kappa shape index (κ3) is 14.6. The Morgan fingerprint density at radius 1 is 0.839 bits per heavy atom. The Morgan fingerprint density at radius 2 is 1.45 bits per heavy atom. The topological polar surface area (TPSA) is 75.4 Å². The molecule has 0 unspecified atom stereocenters. The summed E-state index contributed by atoms with van der Waals surface area (Å²) in [6, 6.07) is 0.0987. The standard InChI is InChI=1S/C26H51N3O2/c1-2-3-4-5-6-7-8-9-10-13-19-26(31)29-22-17-14-18-24(29)23-25(30)28-21-16-12-11-15-20-27/h24H,2-23,27H2,1H3,(H,28,30)/t24-/m1/s1. The molecule has 5 heteroatoms. The maximum atomic E-state index is 12.8. The molecule has 0 spiro atoms. The van der Waals surface area contributed by atoms with Gasteiger partial charge >= 0.3 is 0 Å². The number of unbranched alkanes of at least 4 members (excludes halogenated alkanes) is 12. The summed E-state index contributed by atoms with van der Waals surface area (Å²) in [5.41, 5.74) is 5.51. The van der Waals surface area contributed by atoms with Gasteiger partial charge in [0, 0.05) is 32.0 Å². The maximum absolute atomic E-state index is 12.8. The molecule has 2 amide bonds. The zero-order valence-electron chi connectivity index (χ0n) is 20.5. The Balaban J connectivity index is 2.14. The molecule has 1 heterocycles. The van der Waals surface area contributed by atoms with Crippen molar-refractivity contribution in [3.63, 3.8) is 0 Å². The van der Waals surface area contributed by atoms with Crippen LogP contribution >= 0.6 is 0 Å². The molecule has 0 aromatic heterocycles. The number of nitrogens with two attached hydrogens (primary N) is 1. The summed E-state index contributed by atoms with van der Waals surface area (Å²) >= 11 is 0. The number of nitrogens with one attached hydrogen (secondary N) is 1. The second-order valence-electron chi connectivity index (χ2n) is 9.43. The van der Waals surface area contributed by atoms with E-state index in [0.717, 1.165) is 77.4 Å². The van der Waals surface area contributed by atoms with Gasteiger partial charge in [-0.05, 0) is 45.1 Å². The van der Waals surface area contributed by atoms with Crippen LogP contribution in [0.2, 0.25) is 0 Å². The summed E-state index contributed by atoms with van der Waals surface area (Å²) in [5, 5.41) is 3.05. The molecule has 1 aliphatic heterocycles. The lowest BCUT2D eigenvalue weighted by atomic mass is 9.98. The monoisotopic (exact) mass is 437 g/mol. The maximum Gasteiger partial charge on any atom is 0.222 e. The number of carbonyl (C=O) groups excluding carboxylic acids is 2. The lowest BCUT2D eigenvalue weighted by Crippen LogP contribution is -2.46. The fourth-order valence-electron chi connectivity index (χ4n) is 4.59. The number of piperidine rings is 1. The average molecular weight is 438 g/mol. The van der Waals surface area contributed by atoms with E-state index in [1.165, 1.54) is 51.4 Å². The van der Waals surface area contributed by atoms with E-state index in [1.54, 1.807) is 0 Å². The Kier molecular flexibility index (Phi) is 17.6. The molecule has 0 aromatic rings. The first-order valence-electron chi connectivity index (χ1n) is 13.4. The lowest BCUT2D eigenvalue weighted by Gasteiger charge is -2.35. The van der Waals surface area contributed by atoms with Crippen molar-refractivity contribution in [1.82, 2.24) is 10.2 Å². The Labute approximate surface area is 192 Å². The van der Waals surface area contributed by atoms with Gasteiger partial charge in [-0.1, -0.05) is 77.6 Å². The van der Waals surface area contributed by atoms with Crippen molar-refractivity contribution in [2.24, 2.45) is 5.73 Å². The third-order valence-electron chi connectivity index (χ3n) is 6.57. The number of hydrogen-bond donors (Lipinski definition) is 2. The summed E-state index contributed by atoms with van der Waals surface area (Å²) in [4.78, 5) is 27.1. The molecule has 182 valence electrons. The van der Waals surface area contributed by atoms with Crippen LogP contribution in [0.3, 0.4) is 0 Å². The van der Waals surface area contributed by atoms with Gasteiger partial charge < -0.3 is 16.0 Å². The van der Waals surface area contributed by atoms with Crippen LogP contribution < -0.4 is 11.1 Å². The number of carbonyl (C=O) groups is 2. The molecule has 1 fully saturated rings. The zero-order chi connectivity index (χ0) is 22.6. The van der Waals surface area contributed by atoms with Crippen molar-refractivity contribution in [3.05, 3.63) is 0 Å². The fraction of sp³-hybridized carbons (Fsp3) is 0.923. The largest absolute Gasteiger partial charge is 0.356 e. The van der Waals surface area contributed by atoms with Crippen LogP contribution in [0, 0.1) is 0 Å². The highest BCUT2D eigenvalue weighted by Gasteiger charge is 2.27. The third-order valence-corrected chi connectivity index (χ3v) is 6.57. The number of amides is 2. The summed E-state index contributed by atoms with van der Waals surface area (Å²) in [6.07, 6.45) is 21.5. The molecular weight excluding hydrogens is 386 g/mol. The van der Waals surface area contributed by atoms with E-state index in [2.05, 4.69) is 12.2 Å². The number of likely N-dealkylation sites (tertiary alicyclic amines) is 1. The van der Waals surface area contributed by atoms with Crippen LogP contribution in [0.5, 0.6) is 0 Å². The van der Waals surface area contributed by atoms with Crippen molar-refractivity contribution < 1.29 is 9.59 Å². The molecule has 0 bridgehead atoms. The molecule has 1 atom stereocenters. The van der Waals surface area contributed by atoms with Crippen LogP contribution in [0.4, 0.5) is 0 Å². The van der Waals surface area contributed by atoms with E-state index in [0.29, 0.717) is 12.8 Å². The van der Waals surface area contributed by atoms with E-state index in [9.17, 15) is 9.59 Å². The normalized spacial score (nSPS) is 16.5. The molecule has 3 N–H and O–H groups in total. The van der Waals surface area contributed by atoms with Gasteiger partial charge in [-0.2, -0.15) is 0 Å². The Morgan fingerprint density at radius 3 is 2.13 bits per heavy atom. The summed E-state index contributed by atoms with van der Waals surface area (Å²) in [7, 11) is 0.